The van der Waals surface area contributed by atoms with E-state index < -0.39 is 11.5 Å². The van der Waals surface area contributed by atoms with Gasteiger partial charge in [0.25, 0.3) is 5.91 Å². The highest BCUT2D eigenvalue weighted by Gasteiger charge is 2.09. The number of carbonyl (C=O) groups excluding carboxylic acids is 1. The summed E-state index contributed by atoms with van der Waals surface area (Å²) < 4.78 is 10.7. The predicted molar refractivity (Wildman–Crippen MR) is 104 cm³/mol. The van der Waals surface area contributed by atoms with Crippen molar-refractivity contribution < 1.29 is 13.9 Å². The number of para-hydroxylation sites is 1. The van der Waals surface area contributed by atoms with Crippen molar-refractivity contribution in [2.24, 2.45) is 5.10 Å². The van der Waals surface area contributed by atoms with E-state index in [1.165, 1.54) is 5.56 Å². The quantitative estimate of drug-likeness (QED) is 0.413. The van der Waals surface area contributed by atoms with Gasteiger partial charge in [0, 0.05) is 5.39 Å². The lowest BCUT2D eigenvalue weighted by atomic mass is 10.1. The van der Waals surface area contributed by atoms with E-state index in [1.807, 2.05) is 36.4 Å². The average Bonchev–Trinajstić information content (AvgIpc) is 2.70. The van der Waals surface area contributed by atoms with Crippen molar-refractivity contribution in [3.63, 3.8) is 0 Å². The molecule has 0 aliphatic rings. The number of ether oxygens (including phenoxy) is 1. The summed E-state index contributed by atoms with van der Waals surface area (Å²) in [5, 5.41) is 4.76. The smallest absolute Gasteiger partial charge is 0.345 e. The normalized spacial score (nSPS) is 11.4. The molecule has 0 aliphatic heterocycles. The molecular formula is C21H20N2O4. The van der Waals surface area contributed by atoms with Gasteiger partial charge in [0.2, 0.25) is 0 Å². The molecule has 0 radical (unpaired) electrons. The van der Waals surface area contributed by atoms with Crippen molar-refractivity contribution in [2.75, 3.05) is 6.61 Å². The van der Waals surface area contributed by atoms with Crippen molar-refractivity contribution in [1.82, 2.24) is 5.43 Å². The van der Waals surface area contributed by atoms with Gasteiger partial charge in [-0.15, -0.1) is 0 Å². The molecule has 0 saturated heterocycles. The Hall–Kier alpha value is -3.41. The van der Waals surface area contributed by atoms with Gasteiger partial charge in [0.05, 0.1) is 11.3 Å². The molecule has 1 aromatic heterocycles. The van der Waals surface area contributed by atoms with Crippen LogP contribution in [0, 0.1) is 0 Å². The second-order valence-corrected chi connectivity index (χ2v) is 6.00. The van der Waals surface area contributed by atoms with Gasteiger partial charge in [-0.05, 0) is 43.2 Å². The van der Waals surface area contributed by atoms with E-state index >= 15 is 0 Å². The molecule has 2 aromatic carbocycles. The van der Waals surface area contributed by atoms with Crippen LogP contribution in [0.5, 0.6) is 5.75 Å². The fourth-order valence-corrected chi connectivity index (χ4v) is 2.52. The third-order valence-electron chi connectivity index (χ3n) is 4.08. The zero-order valence-electron chi connectivity index (χ0n) is 15.2. The molecule has 27 heavy (non-hydrogen) atoms. The predicted octanol–water partition coefficient (Wildman–Crippen LogP) is 3.27. The molecule has 6 heteroatoms. The Balaban J connectivity index is 1.63. The van der Waals surface area contributed by atoms with Crippen LogP contribution >= 0.6 is 0 Å². The van der Waals surface area contributed by atoms with Crippen LogP contribution in [-0.4, -0.2) is 18.2 Å². The maximum Gasteiger partial charge on any atom is 0.345 e. The molecule has 0 spiro atoms. The van der Waals surface area contributed by atoms with E-state index in [0.29, 0.717) is 22.6 Å². The molecule has 1 heterocycles. The van der Waals surface area contributed by atoms with Crippen LogP contribution in [-0.2, 0) is 11.2 Å². The summed E-state index contributed by atoms with van der Waals surface area (Å²) in [7, 11) is 0. The summed E-state index contributed by atoms with van der Waals surface area (Å²) in [5.74, 6) is 0.192. The van der Waals surface area contributed by atoms with Gasteiger partial charge in [0.15, 0.2) is 6.61 Å². The van der Waals surface area contributed by atoms with E-state index in [0.717, 1.165) is 11.8 Å². The number of amides is 1. The Labute approximate surface area is 156 Å². The number of hydrogen-bond donors (Lipinski definition) is 1. The molecule has 0 aliphatic carbocycles. The van der Waals surface area contributed by atoms with Crippen LogP contribution in [0.3, 0.4) is 0 Å². The molecule has 3 aromatic rings. The molecular weight excluding hydrogens is 344 g/mol. The van der Waals surface area contributed by atoms with Crippen molar-refractivity contribution in [1.29, 1.82) is 0 Å². The molecule has 0 fully saturated rings. The Morgan fingerprint density at radius 1 is 1.15 bits per heavy atom. The standard InChI is InChI=1S/C21H20N2O4/c1-3-15-8-10-17(11-9-15)26-13-20(24)23-22-14(2)18-12-16-6-4-5-7-19(16)27-21(18)25/h4-12H,3,13H2,1-2H3,(H,23,24)/b22-14-. The SMILES string of the molecule is CCc1ccc(OCC(=O)N/N=C(/C)c2cc3ccccc3oc2=O)cc1. The number of carbonyl (C=O) groups is 1. The third kappa shape index (κ3) is 4.61. The minimum atomic E-state index is -0.503. The fourth-order valence-electron chi connectivity index (χ4n) is 2.52. The Bertz CT molecular complexity index is 1040. The summed E-state index contributed by atoms with van der Waals surface area (Å²) in [5.41, 5.74) is 4.24. The number of nitrogens with one attached hydrogen (secondary N) is 1. The van der Waals surface area contributed by atoms with Gasteiger partial charge in [-0.3, -0.25) is 4.79 Å². The number of aryl methyl sites for hydroxylation is 1. The first-order valence-corrected chi connectivity index (χ1v) is 8.65. The summed E-state index contributed by atoms with van der Waals surface area (Å²) in [6, 6.07) is 16.4. The van der Waals surface area contributed by atoms with Gasteiger partial charge >= 0.3 is 5.63 Å². The number of fused-ring (bicyclic) bond motifs is 1. The molecule has 0 atom stereocenters. The van der Waals surface area contributed by atoms with Crippen LogP contribution in [0.15, 0.2) is 68.9 Å². The highest BCUT2D eigenvalue weighted by molar-refractivity contribution is 6.00. The molecule has 3 rings (SSSR count). The van der Waals surface area contributed by atoms with Crippen LogP contribution in [0.2, 0.25) is 0 Å². The van der Waals surface area contributed by atoms with Crippen molar-refractivity contribution in [2.45, 2.75) is 20.3 Å². The highest BCUT2D eigenvalue weighted by atomic mass is 16.5. The van der Waals surface area contributed by atoms with Crippen molar-refractivity contribution in [3.8, 4) is 5.75 Å². The van der Waals surface area contributed by atoms with Crippen LogP contribution in [0.1, 0.15) is 25.0 Å². The number of hydrogen-bond acceptors (Lipinski definition) is 5. The van der Waals surface area contributed by atoms with Gasteiger partial charge in [-0.1, -0.05) is 37.3 Å². The topological polar surface area (TPSA) is 80.9 Å². The minimum absolute atomic E-state index is 0.172. The number of rotatable bonds is 6. The maximum atomic E-state index is 12.1. The lowest BCUT2D eigenvalue weighted by molar-refractivity contribution is -0.123. The first-order valence-electron chi connectivity index (χ1n) is 8.65. The average molecular weight is 364 g/mol. The van der Waals surface area contributed by atoms with E-state index in [4.69, 9.17) is 9.15 Å². The van der Waals surface area contributed by atoms with Crippen LogP contribution < -0.4 is 15.8 Å². The first kappa shape index (κ1) is 18.4. The Kier molecular flexibility index (Phi) is 5.66. The monoisotopic (exact) mass is 364 g/mol. The molecule has 0 saturated carbocycles. The number of nitrogens with zero attached hydrogens (tertiary/aromatic N) is 1. The summed E-state index contributed by atoms with van der Waals surface area (Å²) in [6.07, 6.45) is 0.942. The molecule has 1 N–H and O–H groups in total. The zero-order valence-corrected chi connectivity index (χ0v) is 15.2. The van der Waals surface area contributed by atoms with Gasteiger partial charge in [0.1, 0.15) is 11.3 Å². The molecule has 138 valence electrons. The largest absolute Gasteiger partial charge is 0.484 e. The molecule has 0 bridgehead atoms. The fraction of sp³-hybridized carbons (Fsp3) is 0.190. The highest BCUT2D eigenvalue weighted by Crippen LogP contribution is 2.13. The van der Waals surface area contributed by atoms with Gasteiger partial charge in [-0.2, -0.15) is 5.10 Å². The van der Waals surface area contributed by atoms with Crippen molar-refractivity contribution in [3.05, 3.63) is 76.1 Å². The minimum Gasteiger partial charge on any atom is -0.484 e. The van der Waals surface area contributed by atoms with Crippen LogP contribution in [0.4, 0.5) is 0 Å². The third-order valence-corrected chi connectivity index (χ3v) is 4.08. The Morgan fingerprint density at radius 2 is 1.89 bits per heavy atom. The molecule has 6 nitrogen and oxygen atoms in total. The second kappa shape index (κ2) is 8.31. The van der Waals surface area contributed by atoms with Gasteiger partial charge in [-0.25, -0.2) is 10.2 Å². The summed E-state index contributed by atoms with van der Waals surface area (Å²) in [4.78, 5) is 24.0. The maximum absolute atomic E-state index is 12.1. The van der Waals surface area contributed by atoms with E-state index in [2.05, 4.69) is 17.5 Å². The van der Waals surface area contributed by atoms with E-state index in [-0.39, 0.29) is 6.61 Å². The van der Waals surface area contributed by atoms with Gasteiger partial charge < -0.3 is 9.15 Å². The summed E-state index contributed by atoms with van der Waals surface area (Å²) >= 11 is 0. The van der Waals surface area contributed by atoms with Crippen LogP contribution in [0.25, 0.3) is 11.0 Å². The Morgan fingerprint density at radius 3 is 2.63 bits per heavy atom. The lowest BCUT2D eigenvalue weighted by Gasteiger charge is -2.06. The van der Waals surface area contributed by atoms with E-state index in [9.17, 15) is 9.59 Å². The molecule has 1 amide bonds. The number of hydrazone groups is 1. The molecule has 0 unspecified atom stereocenters. The summed E-state index contributed by atoms with van der Waals surface area (Å²) in [6.45, 7) is 3.53. The zero-order chi connectivity index (χ0) is 19.2. The van der Waals surface area contributed by atoms with Crippen molar-refractivity contribution >= 4 is 22.6 Å². The van der Waals surface area contributed by atoms with E-state index in [1.54, 1.807) is 25.1 Å². The first-order chi connectivity index (χ1) is 13.1. The number of benzene rings is 2. The lowest BCUT2D eigenvalue weighted by Crippen LogP contribution is -2.26. The second-order valence-electron chi connectivity index (χ2n) is 6.00.